The lowest BCUT2D eigenvalue weighted by molar-refractivity contribution is -0.394. The average molecular weight is 241 g/mol. The van der Waals surface area contributed by atoms with Crippen molar-refractivity contribution in [3.8, 4) is 5.75 Å². The maximum absolute atomic E-state index is 10.7. The molecule has 0 fully saturated rings. The number of non-ortho nitro benzene ring substituents is 1. The van der Waals surface area contributed by atoms with Gasteiger partial charge in [-0.05, 0) is 13.0 Å². The SMILES string of the molecule is CC(CN)Oc1ccc([N+](=O)[O-])cc1[N+](=O)[O-]. The Kier molecular flexibility index (Phi) is 3.94. The van der Waals surface area contributed by atoms with Gasteiger partial charge in [-0.1, -0.05) is 0 Å². The van der Waals surface area contributed by atoms with Crippen LogP contribution in [0.3, 0.4) is 0 Å². The van der Waals surface area contributed by atoms with Crippen LogP contribution in [0.1, 0.15) is 6.92 Å². The predicted octanol–water partition coefficient (Wildman–Crippen LogP) is 1.23. The van der Waals surface area contributed by atoms with Gasteiger partial charge in [-0.15, -0.1) is 0 Å². The van der Waals surface area contributed by atoms with E-state index in [-0.39, 0.29) is 18.0 Å². The molecule has 1 aromatic rings. The van der Waals surface area contributed by atoms with Crippen LogP contribution in [-0.2, 0) is 0 Å². The second kappa shape index (κ2) is 5.21. The van der Waals surface area contributed by atoms with E-state index in [0.717, 1.165) is 12.1 Å². The molecule has 0 aromatic heterocycles. The van der Waals surface area contributed by atoms with Crippen molar-refractivity contribution in [1.82, 2.24) is 0 Å². The van der Waals surface area contributed by atoms with E-state index in [9.17, 15) is 20.2 Å². The normalized spacial score (nSPS) is 11.9. The van der Waals surface area contributed by atoms with E-state index in [1.807, 2.05) is 0 Å². The lowest BCUT2D eigenvalue weighted by atomic mass is 10.2. The molecule has 2 N–H and O–H groups in total. The van der Waals surface area contributed by atoms with E-state index >= 15 is 0 Å². The van der Waals surface area contributed by atoms with Crippen LogP contribution in [0.5, 0.6) is 5.75 Å². The van der Waals surface area contributed by atoms with Gasteiger partial charge in [0, 0.05) is 12.6 Å². The van der Waals surface area contributed by atoms with Gasteiger partial charge in [0.25, 0.3) is 5.69 Å². The maximum atomic E-state index is 10.7. The number of nitro benzene ring substituents is 2. The molecular formula is C9H11N3O5. The molecule has 1 rings (SSSR count). The lowest BCUT2D eigenvalue weighted by Gasteiger charge is -2.11. The summed E-state index contributed by atoms with van der Waals surface area (Å²) in [6, 6.07) is 3.20. The molecule has 1 atom stereocenters. The van der Waals surface area contributed by atoms with E-state index in [1.54, 1.807) is 6.92 Å². The lowest BCUT2D eigenvalue weighted by Crippen LogP contribution is -2.23. The first-order valence-electron chi connectivity index (χ1n) is 4.75. The largest absolute Gasteiger partial charge is 0.482 e. The molecule has 0 saturated carbocycles. The third-order valence-electron chi connectivity index (χ3n) is 2.01. The maximum Gasteiger partial charge on any atom is 0.317 e. The highest BCUT2D eigenvalue weighted by Crippen LogP contribution is 2.31. The van der Waals surface area contributed by atoms with E-state index in [1.165, 1.54) is 6.07 Å². The predicted molar refractivity (Wildman–Crippen MR) is 58.9 cm³/mol. The summed E-state index contributed by atoms with van der Waals surface area (Å²) in [5.41, 5.74) is 4.52. The van der Waals surface area contributed by atoms with Crippen LogP contribution in [0.4, 0.5) is 11.4 Å². The Morgan fingerprint density at radius 2 is 2.00 bits per heavy atom. The molecule has 0 heterocycles. The summed E-state index contributed by atoms with van der Waals surface area (Å²) in [5.74, 6) is -0.0291. The fourth-order valence-electron chi connectivity index (χ4n) is 1.13. The number of nitro groups is 2. The molecule has 0 saturated heterocycles. The highest BCUT2D eigenvalue weighted by atomic mass is 16.6. The van der Waals surface area contributed by atoms with Crippen LogP contribution in [0, 0.1) is 20.2 Å². The van der Waals surface area contributed by atoms with Crippen molar-refractivity contribution < 1.29 is 14.6 Å². The number of rotatable bonds is 5. The summed E-state index contributed by atoms with van der Waals surface area (Å²) < 4.78 is 5.20. The van der Waals surface area contributed by atoms with Crippen LogP contribution >= 0.6 is 0 Å². The minimum Gasteiger partial charge on any atom is -0.482 e. The summed E-state index contributed by atoms with van der Waals surface area (Å²) in [7, 11) is 0. The molecular weight excluding hydrogens is 230 g/mol. The highest BCUT2D eigenvalue weighted by Gasteiger charge is 2.21. The van der Waals surface area contributed by atoms with Crippen LogP contribution in [0.25, 0.3) is 0 Å². The van der Waals surface area contributed by atoms with Gasteiger partial charge in [-0.25, -0.2) is 0 Å². The minimum absolute atomic E-state index is 0.0291. The van der Waals surface area contributed by atoms with Crippen molar-refractivity contribution in [2.75, 3.05) is 6.54 Å². The number of benzene rings is 1. The fourth-order valence-corrected chi connectivity index (χ4v) is 1.13. The van der Waals surface area contributed by atoms with Crippen molar-refractivity contribution >= 4 is 11.4 Å². The van der Waals surface area contributed by atoms with Gasteiger partial charge in [-0.2, -0.15) is 0 Å². The van der Waals surface area contributed by atoms with E-state index in [4.69, 9.17) is 10.5 Å². The summed E-state index contributed by atoms with van der Waals surface area (Å²) >= 11 is 0. The quantitative estimate of drug-likeness (QED) is 0.611. The third-order valence-corrected chi connectivity index (χ3v) is 2.01. The standard InChI is InChI=1S/C9H11N3O5/c1-6(5-10)17-9-3-2-7(11(13)14)4-8(9)12(15)16/h2-4,6H,5,10H2,1H3. The van der Waals surface area contributed by atoms with Crippen molar-refractivity contribution in [3.05, 3.63) is 38.4 Å². The van der Waals surface area contributed by atoms with Crippen LogP contribution in [0.15, 0.2) is 18.2 Å². The third kappa shape index (κ3) is 3.11. The van der Waals surface area contributed by atoms with Crippen LogP contribution in [-0.4, -0.2) is 22.5 Å². The van der Waals surface area contributed by atoms with Crippen molar-refractivity contribution in [1.29, 1.82) is 0 Å². The van der Waals surface area contributed by atoms with Gasteiger partial charge in [-0.3, -0.25) is 20.2 Å². The Morgan fingerprint density at radius 3 is 2.47 bits per heavy atom. The molecule has 0 bridgehead atoms. The molecule has 8 nitrogen and oxygen atoms in total. The number of ether oxygens (including phenoxy) is 1. The van der Waals surface area contributed by atoms with Crippen molar-refractivity contribution in [2.45, 2.75) is 13.0 Å². The van der Waals surface area contributed by atoms with Gasteiger partial charge >= 0.3 is 5.69 Å². The van der Waals surface area contributed by atoms with Crippen molar-refractivity contribution in [2.24, 2.45) is 5.73 Å². The summed E-state index contributed by atoms with van der Waals surface area (Å²) in [4.78, 5) is 19.8. The molecule has 0 spiro atoms. The Bertz CT molecular complexity index is 448. The fraction of sp³-hybridized carbons (Fsp3) is 0.333. The Labute approximate surface area is 96.3 Å². The van der Waals surface area contributed by atoms with E-state index < -0.39 is 21.6 Å². The molecule has 0 amide bonds. The Hall–Kier alpha value is -2.22. The van der Waals surface area contributed by atoms with Gasteiger partial charge < -0.3 is 10.5 Å². The molecule has 1 aromatic carbocycles. The zero-order valence-corrected chi connectivity index (χ0v) is 9.03. The monoisotopic (exact) mass is 241 g/mol. The molecule has 1 unspecified atom stereocenters. The first kappa shape index (κ1) is 12.8. The molecule has 0 aliphatic carbocycles. The molecule has 0 aliphatic rings. The average Bonchev–Trinajstić information content (AvgIpc) is 2.28. The number of hydrogen-bond donors (Lipinski definition) is 1. The number of nitrogens with zero attached hydrogens (tertiary/aromatic N) is 2. The van der Waals surface area contributed by atoms with Crippen molar-refractivity contribution in [3.63, 3.8) is 0 Å². The molecule has 0 aliphatic heterocycles. The van der Waals surface area contributed by atoms with Gasteiger partial charge in [0.2, 0.25) is 0 Å². The minimum atomic E-state index is -0.731. The molecule has 0 radical (unpaired) electrons. The second-order valence-corrected chi connectivity index (χ2v) is 3.33. The zero-order chi connectivity index (χ0) is 13.0. The topological polar surface area (TPSA) is 122 Å². The van der Waals surface area contributed by atoms with Gasteiger partial charge in [0.1, 0.15) is 6.10 Å². The zero-order valence-electron chi connectivity index (χ0n) is 9.03. The van der Waals surface area contributed by atoms with Gasteiger partial charge in [0.15, 0.2) is 5.75 Å². The van der Waals surface area contributed by atoms with Gasteiger partial charge in [0.05, 0.1) is 15.9 Å². The molecule has 92 valence electrons. The smallest absolute Gasteiger partial charge is 0.317 e. The van der Waals surface area contributed by atoms with E-state index in [2.05, 4.69) is 0 Å². The first-order valence-corrected chi connectivity index (χ1v) is 4.75. The summed E-state index contributed by atoms with van der Waals surface area (Å²) in [5, 5.41) is 21.2. The molecule has 17 heavy (non-hydrogen) atoms. The second-order valence-electron chi connectivity index (χ2n) is 3.33. The van der Waals surface area contributed by atoms with Crippen LogP contribution in [0.2, 0.25) is 0 Å². The number of hydrogen-bond acceptors (Lipinski definition) is 6. The summed E-state index contributed by atoms with van der Waals surface area (Å²) in [6.07, 6.45) is -0.407. The first-order chi connectivity index (χ1) is 7.95. The summed E-state index contributed by atoms with van der Waals surface area (Å²) in [6.45, 7) is 1.83. The Morgan fingerprint density at radius 1 is 1.35 bits per heavy atom. The Balaban J connectivity index is 3.13. The number of nitrogens with two attached hydrogens (primary N) is 1. The molecule has 8 heteroatoms. The highest BCUT2D eigenvalue weighted by molar-refractivity contribution is 5.53. The van der Waals surface area contributed by atoms with Crippen LogP contribution < -0.4 is 10.5 Å². The van der Waals surface area contributed by atoms with E-state index in [0.29, 0.717) is 0 Å².